The summed E-state index contributed by atoms with van der Waals surface area (Å²) in [6.45, 7) is 2.15. The fourth-order valence-electron chi connectivity index (χ4n) is 5.53. The van der Waals surface area contributed by atoms with Crippen LogP contribution in [0.4, 0.5) is 0 Å². The number of thiazole rings is 1. The van der Waals surface area contributed by atoms with Crippen LogP contribution in [0.2, 0.25) is 15.1 Å². The topological polar surface area (TPSA) is 88.4 Å². The van der Waals surface area contributed by atoms with E-state index in [1.165, 1.54) is 15.9 Å². The molecule has 7 rings (SSSR count). The van der Waals surface area contributed by atoms with Gasteiger partial charge in [-0.15, -0.1) is 0 Å². The quantitative estimate of drug-likeness (QED) is 0.158. The molecule has 0 aliphatic carbocycles. The molecule has 12 heteroatoms. The van der Waals surface area contributed by atoms with E-state index in [0.29, 0.717) is 64.0 Å². The van der Waals surface area contributed by atoms with Crippen LogP contribution in [-0.4, -0.2) is 23.9 Å². The lowest BCUT2D eigenvalue weighted by molar-refractivity contribution is -0.138. The van der Waals surface area contributed by atoms with Gasteiger partial charge in [0.25, 0.3) is 5.56 Å². The molecule has 5 aromatic rings. The van der Waals surface area contributed by atoms with E-state index in [2.05, 4.69) is 0 Å². The summed E-state index contributed by atoms with van der Waals surface area (Å²) < 4.78 is 24.8. The molecular formula is C36H25Cl3N2O6S. The lowest BCUT2D eigenvalue weighted by Crippen LogP contribution is -2.40. The molecular weight excluding hydrogens is 695 g/mol. The van der Waals surface area contributed by atoms with Gasteiger partial charge in [-0.2, -0.15) is 0 Å². The molecule has 4 aromatic carbocycles. The van der Waals surface area contributed by atoms with E-state index in [4.69, 9.17) is 58.7 Å². The minimum Gasteiger partial charge on any atom is -0.488 e. The van der Waals surface area contributed by atoms with E-state index in [1.807, 2.05) is 42.5 Å². The van der Waals surface area contributed by atoms with Crippen molar-refractivity contribution >= 4 is 63.9 Å². The minimum absolute atomic E-state index is 0.0759. The second-order valence-corrected chi connectivity index (χ2v) is 13.0. The first kappa shape index (κ1) is 32.0. The molecule has 0 spiro atoms. The van der Waals surface area contributed by atoms with Gasteiger partial charge in [-0.1, -0.05) is 88.6 Å². The molecule has 0 unspecified atom stereocenters. The zero-order valence-corrected chi connectivity index (χ0v) is 28.3. The number of aromatic nitrogens is 1. The lowest BCUT2D eigenvalue weighted by Gasteiger charge is -2.26. The molecule has 0 N–H and O–H groups in total. The van der Waals surface area contributed by atoms with Crippen molar-refractivity contribution in [3.63, 3.8) is 0 Å². The lowest BCUT2D eigenvalue weighted by atomic mass is 9.93. The largest absolute Gasteiger partial charge is 0.488 e. The van der Waals surface area contributed by atoms with E-state index in [9.17, 15) is 9.59 Å². The highest BCUT2D eigenvalue weighted by Crippen LogP contribution is 2.40. The van der Waals surface area contributed by atoms with E-state index in [0.717, 1.165) is 5.56 Å². The Labute approximate surface area is 293 Å². The monoisotopic (exact) mass is 718 g/mol. The van der Waals surface area contributed by atoms with Gasteiger partial charge in [0.2, 0.25) is 6.79 Å². The van der Waals surface area contributed by atoms with Gasteiger partial charge >= 0.3 is 5.97 Å². The highest BCUT2D eigenvalue weighted by Gasteiger charge is 2.36. The molecule has 242 valence electrons. The minimum atomic E-state index is -0.878. The van der Waals surface area contributed by atoms with Crippen LogP contribution >= 0.6 is 46.1 Å². The Morgan fingerprint density at radius 3 is 2.58 bits per heavy atom. The van der Waals surface area contributed by atoms with Crippen LogP contribution in [0.1, 0.15) is 35.2 Å². The molecule has 0 fully saturated rings. The molecule has 3 heterocycles. The van der Waals surface area contributed by atoms with Crippen molar-refractivity contribution in [1.82, 2.24) is 4.57 Å². The first-order chi connectivity index (χ1) is 23.3. The maximum Gasteiger partial charge on any atom is 0.338 e. The molecule has 48 heavy (non-hydrogen) atoms. The van der Waals surface area contributed by atoms with Crippen molar-refractivity contribution in [2.75, 3.05) is 13.4 Å². The number of carbonyl (C=O) groups is 1. The molecule has 0 saturated heterocycles. The summed E-state index contributed by atoms with van der Waals surface area (Å²) in [5, 5.41) is 1.33. The Bertz CT molecular complexity index is 2280. The zero-order valence-electron chi connectivity index (χ0n) is 25.2. The maximum atomic E-state index is 14.4. The number of fused-ring (bicyclic) bond motifs is 2. The third-order valence-electron chi connectivity index (χ3n) is 7.72. The summed E-state index contributed by atoms with van der Waals surface area (Å²) >= 11 is 19.9. The normalized spacial score (nSPS) is 15.2. The Balaban J connectivity index is 1.40. The van der Waals surface area contributed by atoms with Crippen molar-refractivity contribution < 1.29 is 23.7 Å². The zero-order chi connectivity index (χ0) is 33.4. The van der Waals surface area contributed by atoms with Crippen LogP contribution in [0.15, 0.2) is 100 Å². The van der Waals surface area contributed by atoms with Gasteiger partial charge in [-0.05, 0) is 66.6 Å². The number of carbonyl (C=O) groups excluding carboxylic acids is 1. The first-order valence-electron chi connectivity index (χ1n) is 14.8. The molecule has 8 nitrogen and oxygen atoms in total. The van der Waals surface area contributed by atoms with Crippen LogP contribution in [0.3, 0.4) is 0 Å². The van der Waals surface area contributed by atoms with Gasteiger partial charge in [0.1, 0.15) is 12.4 Å². The second-order valence-electron chi connectivity index (χ2n) is 10.8. The van der Waals surface area contributed by atoms with Crippen LogP contribution < -0.4 is 29.1 Å². The fraction of sp³-hybridized carbons (Fsp3) is 0.139. The Morgan fingerprint density at radius 2 is 1.79 bits per heavy atom. The molecule has 2 aliphatic heterocycles. The van der Waals surface area contributed by atoms with Crippen LogP contribution in [0.25, 0.3) is 11.8 Å². The van der Waals surface area contributed by atoms with Crippen molar-refractivity contribution in [2.24, 2.45) is 4.99 Å². The molecule has 1 aromatic heterocycles. The average Bonchev–Trinajstić information content (AvgIpc) is 3.69. The van der Waals surface area contributed by atoms with Crippen molar-refractivity contribution in [1.29, 1.82) is 0 Å². The summed E-state index contributed by atoms with van der Waals surface area (Å²) in [4.78, 5) is 33.5. The Morgan fingerprint density at radius 1 is 0.979 bits per heavy atom. The number of halogens is 3. The summed E-state index contributed by atoms with van der Waals surface area (Å²) in [5.74, 6) is 1.01. The van der Waals surface area contributed by atoms with Gasteiger partial charge in [-0.25, -0.2) is 9.79 Å². The standard InChI is InChI=1S/C36H25Cl3N2O6S/c1-2-44-35(43)31-32(21-6-4-3-5-7-21)40-36-41(33(31)22-9-12-28-29(16-22)47-19-46-28)34(42)30(48-36)17-23-15-24(37)10-13-27(23)45-18-20-8-11-25(38)26(39)14-20/h3-17,33H,2,18-19H2,1H3/b30-17-/t33-/m0/s1. The van der Waals surface area contributed by atoms with Crippen LogP contribution in [-0.2, 0) is 16.1 Å². The predicted molar refractivity (Wildman–Crippen MR) is 186 cm³/mol. The maximum absolute atomic E-state index is 14.4. The number of hydrogen-bond acceptors (Lipinski definition) is 8. The Kier molecular flexibility index (Phi) is 9.02. The number of benzene rings is 4. The molecule has 0 radical (unpaired) electrons. The van der Waals surface area contributed by atoms with E-state index in [-0.39, 0.29) is 31.1 Å². The molecule has 0 bridgehead atoms. The number of hydrogen-bond donors (Lipinski definition) is 0. The number of esters is 1. The summed E-state index contributed by atoms with van der Waals surface area (Å²) in [5.41, 5.74) is 3.02. The van der Waals surface area contributed by atoms with Crippen LogP contribution in [0, 0.1) is 0 Å². The van der Waals surface area contributed by atoms with Gasteiger partial charge in [-0.3, -0.25) is 9.36 Å². The molecule has 0 saturated carbocycles. The van der Waals surface area contributed by atoms with Gasteiger partial charge < -0.3 is 18.9 Å². The number of nitrogens with zero attached hydrogens (tertiary/aromatic N) is 2. The van der Waals surface area contributed by atoms with Gasteiger partial charge in [0.05, 0.1) is 38.5 Å². The van der Waals surface area contributed by atoms with Gasteiger partial charge in [0.15, 0.2) is 16.3 Å². The fourth-order valence-corrected chi connectivity index (χ4v) is 7.03. The average molecular weight is 720 g/mol. The van der Waals surface area contributed by atoms with Crippen LogP contribution in [0.5, 0.6) is 17.2 Å². The third-order valence-corrected chi connectivity index (χ3v) is 9.68. The van der Waals surface area contributed by atoms with E-state index >= 15 is 0 Å². The highest BCUT2D eigenvalue weighted by molar-refractivity contribution is 7.07. The third kappa shape index (κ3) is 6.22. The van der Waals surface area contributed by atoms with E-state index in [1.54, 1.807) is 55.5 Å². The summed E-state index contributed by atoms with van der Waals surface area (Å²) in [6, 6.07) is 24.3. The van der Waals surface area contributed by atoms with Gasteiger partial charge in [0, 0.05) is 16.1 Å². The predicted octanol–water partition coefficient (Wildman–Crippen LogP) is 7.20. The molecule has 2 aliphatic rings. The summed E-state index contributed by atoms with van der Waals surface area (Å²) in [7, 11) is 0. The van der Waals surface area contributed by atoms with Crippen molar-refractivity contribution in [3.8, 4) is 17.2 Å². The number of rotatable bonds is 8. The highest BCUT2D eigenvalue weighted by atomic mass is 35.5. The number of ether oxygens (including phenoxy) is 4. The molecule has 1 atom stereocenters. The Hall–Kier alpha value is -4.54. The van der Waals surface area contributed by atoms with Crippen molar-refractivity contribution in [3.05, 3.63) is 148 Å². The molecule has 0 amide bonds. The SMILES string of the molecule is CCOC(=O)C1=C(c2ccccc2)N=c2s/c(=C\c3cc(Cl)ccc3OCc3ccc(Cl)c(Cl)c3)c(=O)n2[C@H]1c1ccc2c(c1)OCO2. The summed E-state index contributed by atoms with van der Waals surface area (Å²) in [6.07, 6.45) is 1.72. The van der Waals surface area contributed by atoms with Crippen molar-refractivity contribution in [2.45, 2.75) is 19.6 Å². The smallest absolute Gasteiger partial charge is 0.338 e. The first-order valence-corrected chi connectivity index (χ1v) is 16.8. The second kappa shape index (κ2) is 13.5. The van der Waals surface area contributed by atoms with E-state index < -0.39 is 12.0 Å².